The van der Waals surface area contributed by atoms with Crippen molar-refractivity contribution in [2.45, 2.75) is 26.7 Å². The maximum atomic E-state index is 11.9. The Morgan fingerprint density at radius 2 is 1.91 bits per heavy atom. The fourth-order valence-corrected chi connectivity index (χ4v) is 2.37. The SMILES string of the molecule is CCCc1ccc(OCC(=O)Nc2ccc(Cl)cc2C)cc1. The number of hydrogen-bond donors (Lipinski definition) is 1. The second kappa shape index (κ2) is 7.85. The first-order valence-electron chi connectivity index (χ1n) is 7.36. The van der Waals surface area contributed by atoms with E-state index in [1.165, 1.54) is 5.56 Å². The van der Waals surface area contributed by atoms with E-state index in [-0.39, 0.29) is 12.5 Å². The molecule has 2 aromatic carbocycles. The summed E-state index contributed by atoms with van der Waals surface area (Å²) in [5.74, 6) is 0.505. The average Bonchev–Trinajstić information content (AvgIpc) is 2.50. The van der Waals surface area contributed by atoms with E-state index in [4.69, 9.17) is 16.3 Å². The monoisotopic (exact) mass is 317 g/mol. The predicted molar refractivity (Wildman–Crippen MR) is 90.8 cm³/mol. The molecule has 0 aromatic heterocycles. The number of rotatable bonds is 6. The first-order chi connectivity index (χ1) is 10.6. The summed E-state index contributed by atoms with van der Waals surface area (Å²) in [7, 11) is 0. The number of carbonyl (C=O) groups is 1. The molecule has 0 fully saturated rings. The van der Waals surface area contributed by atoms with E-state index in [9.17, 15) is 4.79 Å². The van der Waals surface area contributed by atoms with Crippen LogP contribution in [0.3, 0.4) is 0 Å². The van der Waals surface area contributed by atoms with Gasteiger partial charge in [0.05, 0.1) is 0 Å². The summed E-state index contributed by atoms with van der Waals surface area (Å²) in [5, 5.41) is 3.47. The smallest absolute Gasteiger partial charge is 0.262 e. The van der Waals surface area contributed by atoms with Gasteiger partial charge in [0.25, 0.3) is 5.91 Å². The molecule has 22 heavy (non-hydrogen) atoms. The zero-order valence-electron chi connectivity index (χ0n) is 12.9. The second-order valence-corrected chi connectivity index (χ2v) is 5.63. The van der Waals surface area contributed by atoms with Gasteiger partial charge in [-0.3, -0.25) is 4.79 Å². The number of carbonyl (C=O) groups excluding carboxylic acids is 1. The Morgan fingerprint density at radius 3 is 2.55 bits per heavy atom. The molecule has 4 heteroatoms. The number of hydrogen-bond acceptors (Lipinski definition) is 2. The van der Waals surface area contributed by atoms with Crippen LogP contribution in [0, 0.1) is 6.92 Å². The van der Waals surface area contributed by atoms with E-state index in [0.717, 1.165) is 24.1 Å². The summed E-state index contributed by atoms with van der Waals surface area (Å²) >= 11 is 5.89. The van der Waals surface area contributed by atoms with E-state index in [1.807, 2.05) is 37.3 Å². The lowest BCUT2D eigenvalue weighted by Crippen LogP contribution is -2.20. The van der Waals surface area contributed by atoms with Crippen molar-refractivity contribution in [1.82, 2.24) is 0 Å². The van der Waals surface area contributed by atoms with Gasteiger partial charge in [-0.1, -0.05) is 37.1 Å². The Morgan fingerprint density at radius 1 is 1.18 bits per heavy atom. The van der Waals surface area contributed by atoms with Gasteiger partial charge in [0, 0.05) is 10.7 Å². The van der Waals surface area contributed by atoms with Crippen molar-refractivity contribution in [3.05, 3.63) is 58.6 Å². The van der Waals surface area contributed by atoms with Crippen LogP contribution >= 0.6 is 11.6 Å². The molecule has 0 aliphatic heterocycles. The third-order valence-corrected chi connectivity index (χ3v) is 3.53. The summed E-state index contributed by atoms with van der Waals surface area (Å²) in [4.78, 5) is 11.9. The molecule has 0 heterocycles. The lowest BCUT2D eigenvalue weighted by molar-refractivity contribution is -0.118. The molecule has 0 aliphatic carbocycles. The molecule has 0 atom stereocenters. The van der Waals surface area contributed by atoms with Gasteiger partial charge in [0.1, 0.15) is 5.75 Å². The highest BCUT2D eigenvalue weighted by molar-refractivity contribution is 6.30. The highest BCUT2D eigenvalue weighted by atomic mass is 35.5. The zero-order chi connectivity index (χ0) is 15.9. The molecule has 2 rings (SSSR count). The van der Waals surface area contributed by atoms with Crippen molar-refractivity contribution in [2.24, 2.45) is 0 Å². The highest BCUT2D eigenvalue weighted by Crippen LogP contribution is 2.19. The molecule has 0 spiro atoms. The van der Waals surface area contributed by atoms with E-state index >= 15 is 0 Å². The van der Waals surface area contributed by atoms with Crippen molar-refractivity contribution in [3.63, 3.8) is 0 Å². The molecule has 0 saturated heterocycles. The maximum Gasteiger partial charge on any atom is 0.262 e. The zero-order valence-corrected chi connectivity index (χ0v) is 13.6. The van der Waals surface area contributed by atoms with Crippen LogP contribution in [-0.4, -0.2) is 12.5 Å². The maximum absolute atomic E-state index is 11.9. The van der Waals surface area contributed by atoms with Crippen LogP contribution in [0.5, 0.6) is 5.75 Å². The van der Waals surface area contributed by atoms with Crippen LogP contribution in [0.15, 0.2) is 42.5 Å². The van der Waals surface area contributed by atoms with Crippen molar-refractivity contribution < 1.29 is 9.53 Å². The summed E-state index contributed by atoms with van der Waals surface area (Å²) in [6, 6.07) is 13.2. The van der Waals surface area contributed by atoms with Crippen LogP contribution in [0.1, 0.15) is 24.5 Å². The van der Waals surface area contributed by atoms with E-state index in [0.29, 0.717) is 10.8 Å². The van der Waals surface area contributed by atoms with Crippen molar-refractivity contribution >= 4 is 23.2 Å². The second-order valence-electron chi connectivity index (χ2n) is 5.19. The minimum absolute atomic E-state index is 0.0187. The number of halogens is 1. The summed E-state index contributed by atoms with van der Waals surface area (Å²) in [6.07, 6.45) is 2.17. The van der Waals surface area contributed by atoms with Crippen LogP contribution in [0.2, 0.25) is 5.02 Å². The van der Waals surface area contributed by atoms with Crippen molar-refractivity contribution in [3.8, 4) is 5.75 Å². The number of aryl methyl sites for hydroxylation is 2. The van der Waals surface area contributed by atoms with E-state index in [1.54, 1.807) is 12.1 Å². The quantitative estimate of drug-likeness (QED) is 0.844. The lowest BCUT2D eigenvalue weighted by Gasteiger charge is -2.10. The topological polar surface area (TPSA) is 38.3 Å². The summed E-state index contributed by atoms with van der Waals surface area (Å²) in [6.45, 7) is 4.03. The molecule has 0 radical (unpaired) electrons. The Hall–Kier alpha value is -2.00. The number of benzene rings is 2. The molecular weight excluding hydrogens is 298 g/mol. The van der Waals surface area contributed by atoms with E-state index in [2.05, 4.69) is 12.2 Å². The molecule has 2 aromatic rings. The fraction of sp³-hybridized carbons (Fsp3) is 0.278. The minimum atomic E-state index is -0.192. The van der Waals surface area contributed by atoms with E-state index < -0.39 is 0 Å². The van der Waals surface area contributed by atoms with Gasteiger partial charge in [-0.15, -0.1) is 0 Å². The Labute approximate surface area is 136 Å². The van der Waals surface area contributed by atoms with Gasteiger partial charge >= 0.3 is 0 Å². The minimum Gasteiger partial charge on any atom is -0.484 e. The average molecular weight is 318 g/mol. The number of anilines is 1. The standard InChI is InChI=1S/C18H20ClNO2/c1-3-4-14-5-8-16(9-6-14)22-12-18(21)20-17-10-7-15(19)11-13(17)2/h5-11H,3-4,12H2,1-2H3,(H,20,21). The molecule has 0 saturated carbocycles. The lowest BCUT2D eigenvalue weighted by atomic mass is 10.1. The van der Waals surface area contributed by atoms with Gasteiger partial charge < -0.3 is 10.1 Å². The Bertz CT molecular complexity index is 638. The molecule has 1 amide bonds. The van der Waals surface area contributed by atoms with Gasteiger partial charge in [0.15, 0.2) is 6.61 Å². The third-order valence-electron chi connectivity index (χ3n) is 3.29. The van der Waals surface area contributed by atoms with Crippen molar-refractivity contribution in [1.29, 1.82) is 0 Å². The highest BCUT2D eigenvalue weighted by Gasteiger charge is 2.06. The van der Waals surface area contributed by atoms with Crippen LogP contribution in [0.25, 0.3) is 0 Å². The molecule has 0 unspecified atom stereocenters. The molecule has 116 valence electrons. The molecule has 3 nitrogen and oxygen atoms in total. The van der Waals surface area contributed by atoms with Crippen LogP contribution < -0.4 is 10.1 Å². The third kappa shape index (κ3) is 4.78. The summed E-state index contributed by atoms with van der Waals surface area (Å²) in [5.41, 5.74) is 2.94. The van der Waals surface area contributed by atoms with Crippen molar-refractivity contribution in [2.75, 3.05) is 11.9 Å². The molecule has 0 bridgehead atoms. The number of nitrogens with one attached hydrogen (secondary N) is 1. The van der Waals surface area contributed by atoms with Gasteiger partial charge in [-0.05, 0) is 54.8 Å². The molecular formula is C18H20ClNO2. The normalized spacial score (nSPS) is 10.3. The first-order valence-corrected chi connectivity index (χ1v) is 7.74. The summed E-state index contributed by atoms with van der Waals surface area (Å²) < 4.78 is 5.50. The van der Waals surface area contributed by atoms with Gasteiger partial charge in [-0.2, -0.15) is 0 Å². The van der Waals surface area contributed by atoms with Crippen LogP contribution in [0.4, 0.5) is 5.69 Å². The molecule has 1 N–H and O–H groups in total. The Balaban J connectivity index is 1.87. The predicted octanol–water partition coefficient (Wildman–Crippen LogP) is 4.62. The number of amides is 1. The fourth-order valence-electron chi connectivity index (χ4n) is 2.14. The number of ether oxygens (including phenoxy) is 1. The van der Waals surface area contributed by atoms with Gasteiger partial charge in [0.2, 0.25) is 0 Å². The van der Waals surface area contributed by atoms with Crippen LogP contribution in [-0.2, 0) is 11.2 Å². The first kappa shape index (κ1) is 16.4. The Kier molecular flexibility index (Phi) is 5.84. The largest absolute Gasteiger partial charge is 0.484 e. The van der Waals surface area contributed by atoms with Gasteiger partial charge in [-0.25, -0.2) is 0 Å². The molecule has 0 aliphatic rings.